The fourth-order valence-corrected chi connectivity index (χ4v) is 2.79. The summed E-state index contributed by atoms with van der Waals surface area (Å²) in [5.74, 6) is 0.683. The molecule has 2 heteroatoms. The molecule has 1 N–H and O–H groups in total. The summed E-state index contributed by atoms with van der Waals surface area (Å²) in [6, 6.07) is 0. The Balaban J connectivity index is 3.15. The fourth-order valence-electron chi connectivity index (χ4n) is 2.79. The van der Waals surface area contributed by atoms with Gasteiger partial charge in [-0.05, 0) is 26.2 Å². The normalized spacial score (nSPS) is 12.6. The second kappa shape index (κ2) is 15.0. The van der Waals surface area contributed by atoms with Gasteiger partial charge in [0.05, 0.1) is 0 Å². The number of aliphatic hydroxyl groups is 1. The number of carbonyl (C=O) groups excluding carboxylic acids is 1. The van der Waals surface area contributed by atoms with E-state index in [0.717, 1.165) is 19.3 Å². The van der Waals surface area contributed by atoms with Crippen LogP contribution in [0.5, 0.6) is 0 Å². The number of Topliss-reactive ketones (excluding diaryl/α,β-unsaturated/α-hetero) is 1. The topological polar surface area (TPSA) is 37.3 Å². The summed E-state index contributed by atoms with van der Waals surface area (Å²) >= 11 is 0. The van der Waals surface area contributed by atoms with E-state index >= 15 is 0 Å². The Morgan fingerprint density at radius 2 is 1.20 bits per heavy atom. The molecule has 0 aromatic rings. The first-order valence-corrected chi connectivity index (χ1v) is 8.83. The number of carbonyl (C=O) groups is 1. The lowest BCUT2D eigenvalue weighted by atomic mass is 9.94. The number of hydrogen-bond donors (Lipinski definition) is 1. The summed E-state index contributed by atoms with van der Waals surface area (Å²) in [6.45, 7) is 4.20. The van der Waals surface area contributed by atoms with Crippen LogP contribution in [-0.2, 0) is 4.79 Å². The quantitative estimate of drug-likeness (QED) is 0.416. The molecule has 0 rings (SSSR count). The summed E-state index contributed by atoms with van der Waals surface area (Å²) in [5.41, 5.74) is 0. The first-order valence-electron chi connectivity index (χ1n) is 8.83. The maximum Gasteiger partial charge on any atom is 0.132 e. The number of rotatable bonds is 15. The van der Waals surface area contributed by atoms with Crippen LogP contribution in [0.1, 0.15) is 97.3 Å². The van der Waals surface area contributed by atoms with Gasteiger partial charge in [0.1, 0.15) is 5.78 Å². The summed E-state index contributed by atoms with van der Waals surface area (Å²) in [4.78, 5) is 11.3. The highest BCUT2D eigenvalue weighted by Crippen LogP contribution is 2.16. The van der Waals surface area contributed by atoms with Crippen molar-refractivity contribution in [3.8, 4) is 0 Å². The number of unbranched alkanes of at least 4 members (excludes halogenated alkanes) is 10. The van der Waals surface area contributed by atoms with Crippen LogP contribution in [0, 0.1) is 5.92 Å². The van der Waals surface area contributed by atoms with E-state index < -0.39 is 0 Å². The lowest BCUT2D eigenvalue weighted by Gasteiger charge is -2.10. The van der Waals surface area contributed by atoms with Gasteiger partial charge in [-0.15, -0.1) is 0 Å². The summed E-state index contributed by atoms with van der Waals surface area (Å²) in [5, 5.41) is 8.67. The predicted octanol–water partition coefficient (Wildman–Crippen LogP) is 5.28. The molecule has 1 atom stereocenters. The highest BCUT2D eigenvalue weighted by molar-refractivity contribution is 5.78. The van der Waals surface area contributed by atoms with E-state index in [-0.39, 0.29) is 0 Å². The molecule has 120 valence electrons. The summed E-state index contributed by atoms with van der Waals surface area (Å²) < 4.78 is 0. The van der Waals surface area contributed by atoms with E-state index in [2.05, 4.69) is 6.92 Å². The molecule has 20 heavy (non-hydrogen) atoms. The molecule has 1 unspecified atom stereocenters. The smallest absolute Gasteiger partial charge is 0.132 e. The van der Waals surface area contributed by atoms with Crippen LogP contribution in [0.2, 0.25) is 0 Å². The minimum absolute atomic E-state index is 0.314. The molecule has 0 amide bonds. The van der Waals surface area contributed by atoms with Crippen LogP contribution in [0.3, 0.4) is 0 Å². The van der Waals surface area contributed by atoms with Crippen LogP contribution in [0.25, 0.3) is 0 Å². The molecular formula is C18H36O2. The van der Waals surface area contributed by atoms with Gasteiger partial charge in [-0.3, -0.25) is 4.79 Å². The minimum Gasteiger partial charge on any atom is -0.396 e. The molecule has 0 bridgehead atoms. The average Bonchev–Trinajstić information content (AvgIpc) is 2.43. The molecule has 0 radical (unpaired) electrons. The van der Waals surface area contributed by atoms with Crippen LogP contribution in [0.15, 0.2) is 0 Å². The monoisotopic (exact) mass is 284 g/mol. The van der Waals surface area contributed by atoms with Crippen molar-refractivity contribution in [3.05, 3.63) is 0 Å². The Hall–Kier alpha value is -0.370. The molecule has 0 aromatic heterocycles. The maximum atomic E-state index is 11.3. The van der Waals surface area contributed by atoms with Crippen molar-refractivity contribution >= 4 is 5.78 Å². The van der Waals surface area contributed by atoms with E-state index in [1.807, 2.05) is 0 Å². The molecule has 0 fully saturated rings. The summed E-state index contributed by atoms with van der Waals surface area (Å²) in [7, 11) is 0. The molecule has 2 nitrogen and oxygen atoms in total. The third kappa shape index (κ3) is 12.7. The Labute approximate surface area is 126 Å². The Bertz CT molecular complexity index is 213. The molecule has 0 aliphatic heterocycles. The molecule has 0 heterocycles. The van der Waals surface area contributed by atoms with Crippen molar-refractivity contribution in [2.45, 2.75) is 97.3 Å². The zero-order valence-corrected chi connectivity index (χ0v) is 13.8. The first-order chi connectivity index (χ1) is 9.72. The number of aliphatic hydroxyl groups excluding tert-OH is 1. The van der Waals surface area contributed by atoms with E-state index in [4.69, 9.17) is 5.11 Å². The zero-order valence-electron chi connectivity index (χ0n) is 13.8. The largest absolute Gasteiger partial charge is 0.396 e. The predicted molar refractivity (Wildman–Crippen MR) is 87.0 cm³/mol. The maximum absolute atomic E-state index is 11.3. The molecule has 0 aliphatic carbocycles. The van der Waals surface area contributed by atoms with Crippen molar-refractivity contribution in [1.82, 2.24) is 0 Å². The second-order valence-corrected chi connectivity index (χ2v) is 6.12. The van der Waals surface area contributed by atoms with E-state index in [0.29, 0.717) is 18.3 Å². The molecular weight excluding hydrogens is 248 g/mol. The van der Waals surface area contributed by atoms with Gasteiger partial charge in [-0.25, -0.2) is 0 Å². The van der Waals surface area contributed by atoms with Crippen molar-refractivity contribution in [3.63, 3.8) is 0 Å². The van der Waals surface area contributed by atoms with Crippen LogP contribution in [0.4, 0.5) is 0 Å². The second-order valence-electron chi connectivity index (χ2n) is 6.12. The summed E-state index contributed by atoms with van der Waals surface area (Å²) in [6.07, 6.45) is 16.2. The first kappa shape index (κ1) is 19.6. The van der Waals surface area contributed by atoms with E-state index in [9.17, 15) is 4.79 Å². The average molecular weight is 284 g/mol. The van der Waals surface area contributed by atoms with Crippen molar-refractivity contribution in [1.29, 1.82) is 0 Å². The number of hydrogen-bond acceptors (Lipinski definition) is 2. The minimum atomic E-state index is 0.314. The molecule has 0 saturated carbocycles. The van der Waals surface area contributed by atoms with Gasteiger partial charge in [-0.2, -0.15) is 0 Å². The highest BCUT2D eigenvalue weighted by Gasteiger charge is 2.10. The van der Waals surface area contributed by atoms with Crippen molar-refractivity contribution in [2.75, 3.05) is 6.61 Å². The standard InChI is InChI=1S/C18H36O2/c1-3-18(17(2)20)15-13-11-9-7-5-4-6-8-10-12-14-16-19/h18-19H,3-16H2,1-2H3. The van der Waals surface area contributed by atoms with Crippen molar-refractivity contribution < 1.29 is 9.90 Å². The van der Waals surface area contributed by atoms with E-state index in [1.54, 1.807) is 6.92 Å². The Kier molecular flexibility index (Phi) is 14.7. The van der Waals surface area contributed by atoms with E-state index in [1.165, 1.54) is 64.2 Å². The van der Waals surface area contributed by atoms with Gasteiger partial charge in [0.15, 0.2) is 0 Å². The lowest BCUT2D eigenvalue weighted by molar-refractivity contribution is -0.121. The molecule has 0 saturated heterocycles. The Morgan fingerprint density at radius 3 is 1.55 bits per heavy atom. The SMILES string of the molecule is CCC(CCCCCCCCCCCCCO)C(C)=O. The third-order valence-electron chi connectivity index (χ3n) is 4.28. The van der Waals surface area contributed by atoms with Gasteiger partial charge in [-0.1, -0.05) is 71.1 Å². The molecule has 0 spiro atoms. The zero-order chi connectivity index (χ0) is 15.1. The third-order valence-corrected chi connectivity index (χ3v) is 4.28. The van der Waals surface area contributed by atoms with Gasteiger partial charge in [0.2, 0.25) is 0 Å². The van der Waals surface area contributed by atoms with Crippen LogP contribution in [-0.4, -0.2) is 17.5 Å². The van der Waals surface area contributed by atoms with Crippen LogP contribution >= 0.6 is 0 Å². The fraction of sp³-hybridized carbons (Fsp3) is 0.944. The van der Waals surface area contributed by atoms with Crippen molar-refractivity contribution in [2.24, 2.45) is 5.92 Å². The number of ketones is 1. The van der Waals surface area contributed by atoms with Gasteiger partial charge in [0, 0.05) is 12.5 Å². The molecule has 0 aliphatic rings. The van der Waals surface area contributed by atoms with Crippen LogP contribution < -0.4 is 0 Å². The lowest BCUT2D eigenvalue weighted by Crippen LogP contribution is -2.09. The highest BCUT2D eigenvalue weighted by atomic mass is 16.2. The molecule has 0 aromatic carbocycles. The van der Waals surface area contributed by atoms with Gasteiger partial charge >= 0.3 is 0 Å². The van der Waals surface area contributed by atoms with Gasteiger partial charge < -0.3 is 5.11 Å². The Morgan fingerprint density at radius 1 is 0.800 bits per heavy atom. The van der Waals surface area contributed by atoms with Gasteiger partial charge in [0.25, 0.3) is 0 Å².